The van der Waals surface area contributed by atoms with Crippen LogP contribution in [0.1, 0.15) is 31.2 Å². The van der Waals surface area contributed by atoms with E-state index in [9.17, 15) is 14.4 Å². The quantitative estimate of drug-likeness (QED) is 0.782. The molecule has 1 aromatic rings. The molecule has 0 bridgehead atoms. The van der Waals surface area contributed by atoms with Crippen LogP contribution in [0.25, 0.3) is 0 Å². The van der Waals surface area contributed by atoms with Gasteiger partial charge in [0.25, 0.3) is 0 Å². The molecule has 7 heteroatoms. The molecule has 2 fully saturated rings. The summed E-state index contributed by atoms with van der Waals surface area (Å²) in [6, 6.07) is 8.83. The third-order valence-corrected chi connectivity index (χ3v) is 5.52. The van der Waals surface area contributed by atoms with E-state index in [-0.39, 0.29) is 17.9 Å². The first-order valence-electron chi connectivity index (χ1n) is 10.0. The van der Waals surface area contributed by atoms with Gasteiger partial charge < -0.3 is 19.9 Å². The highest BCUT2D eigenvalue weighted by Crippen LogP contribution is 2.20. The van der Waals surface area contributed by atoms with Gasteiger partial charge in [-0.05, 0) is 31.2 Å². The minimum absolute atomic E-state index is 0.0313. The maximum atomic E-state index is 12.8. The fraction of sp³-hybridized carbons (Fsp3) is 0.571. The Balaban J connectivity index is 1.60. The molecule has 28 heavy (non-hydrogen) atoms. The summed E-state index contributed by atoms with van der Waals surface area (Å²) in [4.78, 5) is 41.3. The summed E-state index contributed by atoms with van der Waals surface area (Å²) in [7, 11) is 1.32. The molecule has 1 aromatic carbocycles. The first-order chi connectivity index (χ1) is 13.6. The van der Waals surface area contributed by atoms with Gasteiger partial charge in [-0.1, -0.05) is 30.3 Å². The molecule has 0 unspecified atom stereocenters. The number of methoxy groups -OCH3 is 1. The molecule has 1 N–H and O–H groups in total. The van der Waals surface area contributed by atoms with Crippen molar-refractivity contribution >= 4 is 17.9 Å². The molecule has 0 aliphatic carbocycles. The molecule has 0 aromatic heterocycles. The topological polar surface area (TPSA) is 79.0 Å². The Hall–Kier alpha value is -2.57. The number of carbonyl (C=O) groups excluding carboxylic acids is 3. The lowest BCUT2D eigenvalue weighted by molar-refractivity contribution is -0.145. The van der Waals surface area contributed by atoms with Crippen LogP contribution in [0, 0.1) is 5.92 Å². The first kappa shape index (κ1) is 20.2. The van der Waals surface area contributed by atoms with E-state index in [2.05, 4.69) is 5.32 Å². The molecule has 2 atom stereocenters. The van der Waals surface area contributed by atoms with E-state index in [4.69, 9.17) is 4.74 Å². The maximum Gasteiger partial charge on any atom is 0.328 e. The number of hydrogen-bond acceptors (Lipinski definition) is 4. The molecule has 2 heterocycles. The zero-order valence-electron chi connectivity index (χ0n) is 16.4. The second-order valence-corrected chi connectivity index (χ2v) is 7.54. The van der Waals surface area contributed by atoms with E-state index in [1.54, 1.807) is 4.90 Å². The lowest BCUT2D eigenvalue weighted by Crippen LogP contribution is -2.52. The van der Waals surface area contributed by atoms with Crippen LogP contribution >= 0.6 is 0 Å². The molecule has 2 aliphatic heterocycles. The van der Waals surface area contributed by atoms with E-state index in [1.165, 1.54) is 7.11 Å². The molecule has 0 spiro atoms. The summed E-state index contributed by atoms with van der Waals surface area (Å²) in [6.07, 6.45) is 3.98. The third kappa shape index (κ3) is 5.03. The monoisotopic (exact) mass is 387 g/mol. The SMILES string of the molecule is COC(=O)[C@H](Cc1ccccc1)NC(=O)[C@H]1CCCN(C(=O)N2CCCC2)C1. The molecule has 3 amide bonds. The summed E-state index contributed by atoms with van der Waals surface area (Å²) in [5, 5.41) is 2.85. The summed E-state index contributed by atoms with van der Waals surface area (Å²) in [5.74, 6) is -0.952. The van der Waals surface area contributed by atoms with E-state index in [1.807, 2.05) is 35.2 Å². The minimum Gasteiger partial charge on any atom is -0.467 e. The Morgan fingerprint density at radius 1 is 1.07 bits per heavy atom. The number of nitrogens with zero attached hydrogens (tertiary/aromatic N) is 2. The number of likely N-dealkylation sites (tertiary alicyclic amines) is 2. The van der Waals surface area contributed by atoms with Gasteiger partial charge in [-0.2, -0.15) is 0 Å². The number of ether oxygens (including phenoxy) is 1. The molecule has 3 rings (SSSR count). The van der Waals surface area contributed by atoms with Crippen molar-refractivity contribution in [1.82, 2.24) is 15.1 Å². The van der Waals surface area contributed by atoms with Crippen molar-refractivity contribution in [1.29, 1.82) is 0 Å². The maximum absolute atomic E-state index is 12.8. The van der Waals surface area contributed by atoms with Crippen LogP contribution in [-0.2, 0) is 20.7 Å². The lowest BCUT2D eigenvalue weighted by atomic mass is 9.96. The number of benzene rings is 1. The van der Waals surface area contributed by atoms with Gasteiger partial charge in [0.2, 0.25) is 5.91 Å². The van der Waals surface area contributed by atoms with Crippen molar-refractivity contribution < 1.29 is 19.1 Å². The predicted octanol–water partition coefficient (Wildman–Crippen LogP) is 1.81. The van der Waals surface area contributed by atoms with Crippen LogP contribution in [0.4, 0.5) is 4.79 Å². The number of carbonyl (C=O) groups is 3. The van der Waals surface area contributed by atoms with E-state index < -0.39 is 12.0 Å². The minimum atomic E-state index is -0.732. The molecule has 0 saturated carbocycles. The molecule has 152 valence electrons. The highest BCUT2D eigenvalue weighted by Gasteiger charge is 2.33. The summed E-state index contributed by atoms with van der Waals surface area (Å²) in [5.41, 5.74) is 0.952. The smallest absolute Gasteiger partial charge is 0.328 e. The molecule has 0 radical (unpaired) electrons. The van der Waals surface area contributed by atoms with Crippen molar-refractivity contribution in [2.75, 3.05) is 33.3 Å². The van der Waals surface area contributed by atoms with Crippen LogP contribution in [0.3, 0.4) is 0 Å². The second kappa shape index (κ2) is 9.57. The number of hydrogen-bond donors (Lipinski definition) is 1. The van der Waals surface area contributed by atoms with Gasteiger partial charge in [-0.15, -0.1) is 0 Å². The van der Waals surface area contributed by atoms with Crippen molar-refractivity contribution in [2.45, 2.75) is 38.1 Å². The summed E-state index contributed by atoms with van der Waals surface area (Å²) >= 11 is 0. The first-order valence-corrected chi connectivity index (χ1v) is 10.0. The Morgan fingerprint density at radius 2 is 1.75 bits per heavy atom. The number of rotatable bonds is 5. The largest absolute Gasteiger partial charge is 0.467 e. The number of amides is 3. The highest BCUT2D eigenvalue weighted by molar-refractivity contribution is 5.86. The van der Waals surface area contributed by atoms with E-state index >= 15 is 0 Å². The van der Waals surface area contributed by atoms with E-state index in [0.29, 0.717) is 19.5 Å². The van der Waals surface area contributed by atoms with Crippen LogP contribution in [-0.4, -0.2) is 67.0 Å². The summed E-state index contributed by atoms with van der Waals surface area (Å²) < 4.78 is 4.87. The fourth-order valence-corrected chi connectivity index (χ4v) is 3.95. The Morgan fingerprint density at radius 3 is 2.43 bits per heavy atom. The van der Waals surface area contributed by atoms with Gasteiger partial charge >= 0.3 is 12.0 Å². The van der Waals surface area contributed by atoms with Gasteiger partial charge in [0, 0.05) is 32.6 Å². The fourth-order valence-electron chi connectivity index (χ4n) is 3.95. The normalized spacial score (nSPS) is 20.5. The highest BCUT2D eigenvalue weighted by atomic mass is 16.5. The predicted molar refractivity (Wildman–Crippen MR) is 105 cm³/mol. The average Bonchev–Trinajstić information content (AvgIpc) is 3.28. The Kier molecular flexibility index (Phi) is 6.90. The van der Waals surface area contributed by atoms with Gasteiger partial charge in [-0.3, -0.25) is 4.79 Å². The van der Waals surface area contributed by atoms with Crippen LogP contribution in [0.15, 0.2) is 30.3 Å². The van der Waals surface area contributed by atoms with Gasteiger partial charge in [0.15, 0.2) is 0 Å². The van der Waals surface area contributed by atoms with Crippen molar-refractivity contribution in [2.24, 2.45) is 5.92 Å². The van der Waals surface area contributed by atoms with Gasteiger partial charge in [-0.25, -0.2) is 9.59 Å². The lowest BCUT2D eigenvalue weighted by Gasteiger charge is -2.35. The zero-order chi connectivity index (χ0) is 19.9. The third-order valence-electron chi connectivity index (χ3n) is 5.52. The molecule has 2 aliphatic rings. The molecule has 2 saturated heterocycles. The molecular formula is C21H29N3O4. The van der Waals surface area contributed by atoms with Crippen LogP contribution < -0.4 is 5.32 Å². The molecular weight excluding hydrogens is 358 g/mol. The van der Waals surface area contributed by atoms with Crippen molar-refractivity contribution in [3.8, 4) is 0 Å². The number of esters is 1. The van der Waals surface area contributed by atoms with Gasteiger partial charge in [0.05, 0.1) is 13.0 Å². The number of nitrogens with one attached hydrogen (secondary N) is 1. The van der Waals surface area contributed by atoms with Crippen molar-refractivity contribution in [3.63, 3.8) is 0 Å². The molecule has 7 nitrogen and oxygen atoms in total. The van der Waals surface area contributed by atoms with E-state index in [0.717, 1.165) is 44.3 Å². The number of urea groups is 1. The Labute approximate surface area is 166 Å². The average molecular weight is 387 g/mol. The van der Waals surface area contributed by atoms with Crippen molar-refractivity contribution in [3.05, 3.63) is 35.9 Å². The standard InChI is InChI=1S/C21H29N3O4/c1-28-20(26)18(14-16-8-3-2-4-9-16)22-19(25)17-10-7-13-24(15-17)21(27)23-11-5-6-12-23/h2-4,8-9,17-18H,5-7,10-15H2,1H3,(H,22,25)/t17-,18-/m0/s1. The number of piperidine rings is 1. The Bertz CT molecular complexity index is 688. The van der Waals surface area contributed by atoms with Crippen LogP contribution in [0.2, 0.25) is 0 Å². The van der Waals surface area contributed by atoms with Gasteiger partial charge in [0.1, 0.15) is 6.04 Å². The zero-order valence-corrected chi connectivity index (χ0v) is 16.4. The summed E-state index contributed by atoms with van der Waals surface area (Å²) in [6.45, 7) is 2.69. The van der Waals surface area contributed by atoms with Crippen LogP contribution in [0.5, 0.6) is 0 Å². The second-order valence-electron chi connectivity index (χ2n) is 7.54.